The molecule has 0 aliphatic heterocycles. The van der Waals surface area contributed by atoms with Crippen molar-refractivity contribution >= 4 is 0 Å². The lowest BCUT2D eigenvalue weighted by atomic mass is 9.47. The Labute approximate surface area is 182 Å². The van der Waals surface area contributed by atoms with Crippen LogP contribution < -0.4 is 0 Å². The molecule has 0 heterocycles. The van der Waals surface area contributed by atoms with Crippen LogP contribution in [0.5, 0.6) is 0 Å². The highest BCUT2D eigenvalue weighted by molar-refractivity contribution is 5.24. The summed E-state index contributed by atoms with van der Waals surface area (Å²) < 4.78 is 0. The molecule has 0 spiro atoms. The van der Waals surface area contributed by atoms with Gasteiger partial charge in [-0.25, -0.2) is 0 Å². The Morgan fingerprint density at radius 2 is 1.83 bits per heavy atom. The largest absolute Gasteiger partial charge is 0.0845 e. The molecule has 0 aromatic rings. The van der Waals surface area contributed by atoms with Gasteiger partial charge in [-0.05, 0) is 110 Å². The Morgan fingerprint density at radius 1 is 1.03 bits per heavy atom. The molecule has 4 aliphatic carbocycles. The molecule has 3 unspecified atom stereocenters. The van der Waals surface area contributed by atoms with Gasteiger partial charge in [-0.2, -0.15) is 0 Å². The van der Waals surface area contributed by atoms with Gasteiger partial charge < -0.3 is 0 Å². The van der Waals surface area contributed by atoms with Crippen LogP contribution in [0, 0.1) is 52.3 Å². The van der Waals surface area contributed by atoms with Crippen LogP contribution in [0.15, 0.2) is 11.6 Å². The first-order chi connectivity index (χ1) is 13.8. The Bertz CT molecular complexity index is 599. The van der Waals surface area contributed by atoms with E-state index in [1.54, 1.807) is 6.42 Å². The van der Waals surface area contributed by atoms with Gasteiger partial charge in [0, 0.05) is 0 Å². The summed E-state index contributed by atoms with van der Waals surface area (Å²) in [6, 6.07) is 0. The molecule has 4 aliphatic rings. The van der Waals surface area contributed by atoms with Crippen molar-refractivity contribution in [3.63, 3.8) is 0 Å². The van der Waals surface area contributed by atoms with Gasteiger partial charge in [0.15, 0.2) is 0 Å². The van der Waals surface area contributed by atoms with Gasteiger partial charge in [0.05, 0.1) is 0 Å². The molecule has 29 heavy (non-hydrogen) atoms. The monoisotopic (exact) mass is 398 g/mol. The van der Waals surface area contributed by atoms with E-state index in [2.05, 4.69) is 47.6 Å². The fraction of sp³-hybridized carbons (Fsp3) is 0.931. The van der Waals surface area contributed by atoms with Gasteiger partial charge in [0.25, 0.3) is 0 Å². The number of hydrogen-bond acceptors (Lipinski definition) is 0. The molecule has 0 radical (unpaired) electrons. The van der Waals surface area contributed by atoms with E-state index >= 15 is 0 Å². The minimum atomic E-state index is 0.556. The summed E-state index contributed by atoms with van der Waals surface area (Å²) >= 11 is 0. The van der Waals surface area contributed by atoms with Gasteiger partial charge in [0.2, 0.25) is 0 Å². The van der Waals surface area contributed by atoms with Crippen molar-refractivity contribution in [2.24, 2.45) is 52.3 Å². The molecule has 0 nitrogen and oxygen atoms in total. The van der Waals surface area contributed by atoms with E-state index in [0.717, 1.165) is 41.4 Å². The molecule has 4 rings (SSSR count). The van der Waals surface area contributed by atoms with Gasteiger partial charge in [0.1, 0.15) is 0 Å². The summed E-state index contributed by atoms with van der Waals surface area (Å²) in [5.74, 6) is 6.77. The second-order valence-corrected chi connectivity index (χ2v) is 12.8. The maximum Gasteiger partial charge on any atom is -0.00851 e. The van der Waals surface area contributed by atoms with Gasteiger partial charge >= 0.3 is 0 Å². The van der Waals surface area contributed by atoms with Crippen LogP contribution in [0.3, 0.4) is 0 Å². The lowest BCUT2D eigenvalue weighted by Crippen LogP contribution is -2.49. The van der Waals surface area contributed by atoms with E-state index in [1.165, 1.54) is 70.6 Å². The van der Waals surface area contributed by atoms with Crippen molar-refractivity contribution in [3.05, 3.63) is 11.6 Å². The minimum Gasteiger partial charge on any atom is -0.0845 e. The predicted molar refractivity (Wildman–Crippen MR) is 127 cm³/mol. The van der Waals surface area contributed by atoms with Crippen molar-refractivity contribution in [3.8, 4) is 0 Å². The second-order valence-electron chi connectivity index (χ2n) is 12.8. The molecular formula is C29H50. The third kappa shape index (κ3) is 3.78. The number of rotatable bonds is 6. The average Bonchev–Trinajstić information content (AvgIpc) is 3.02. The van der Waals surface area contributed by atoms with Crippen LogP contribution in [0.2, 0.25) is 0 Å². The SMILES string of the molecule is CC[C@H](CCC[C@H]1CCC2[C@@H]3CC=C4C[C@@H](C)CC[C@]4(C)C3CCC21C)C(C)C. The third-order valence-corrected chi connectivity index (χ3v) is 11.1. The Balaban J connectivity index is 1.43. The normalized spacial score (nSPS) is 45.3. The van der Waals surface area contributed by atoms with Crippen molar-refractivity contribution < 1.29 is 0 Å². The zero-order valence-electron chi connectivity index (χ0n) is 20.6. The van der Waals surface area contributed by atoms with E-state index in [4.69, 9.17) is 0 Å². The summed E-state index contributed by atoms with van der Waals surface area (Å²) in [5, 5.41) is 0. The van der Waals surface area contributed by atoms with Crippen molar-refractivity contribution in [2.75, 3.05) is 0 Å². The molecule has 3 fully saturated rings. The van der Waals surface area contributed by atoms with E-state index in [-0.39, 0.29) is 0 Å². The zero-order chi connectivity index (χ0) is 20.8. The predicted octanol–water partition coefficient (Wildman–Crippen LogP) is 9.05. The summed E-state index contributed by atoms with van der Waals surface area (Å²) in [5.41, 5.74) is 3.08. The minimum absolute atomic E-state index is 0.556. The van der Waals surface area contributed by atoms with E-state index in [9.17, 15) is 0 Å². The Morgan fingerprint density at radius 3 is 2.55 bits per heavy atom. The van der Waals surface area contributed by atoms with E-state index in [0.29, 0.717) is 10.8 Å². The molecular weight excluding hydrogens is 348 g/mol. The Hall–Kier alpha value is -0.260. The molecule has 0 aromatic carbocycles. The lowest BCUT2D eigenvalue weighted by molar-refractivity contribution is -0.0452. The van der Waals surface area contributed by atoms with E-state index in [1.807, 2.05) is 5.57 Å². The van der Waals surface area contributed by atoms with Gasteiger partial charge in [-0.3, -0.25) is 0 Å². The lowest BCUT2D eigenvalue weighted by Gasteiger charge is -2.58. The maximum atomic E-state index is 2.75. The zero-order valence-corrected chi connectivity index (χ0v) is 20.6. The van der Waals surface area contributed by atoms with Gasteiger partial charge in [-0.1, -0.05) is 72.5 Å². The number of allylic oxidation sites excluding steroid dienone is 2. The maximum absolute atomic E-state index is 2.75. The van der Waals surface area contributed by atoms with Gasteiger partial charge in [-0.15, -0.1) is 0 Å². The van der Waals surface area contributed by atoms with E-state index < -0.39 is 0 Å². The van der Waals surface area contributed by atoms with Crippen LogP contribution in [0.4, 0.5) is 0 Å². The quantitative estimate of drug-likeness (QED) is 0.391. The third-order valence-electron chi connectivity index (χ3n) is 11.1. The standard InChI is InChI=1S/C29H50/c1-7-22(20(2)3)9-8-10-23-12-14-26-25-13-11-24-19-21(4)15-17-29(24,6)27(25)16-18-28(23,26)5/h11,20-23,25-27H,7-10,12-19H2,1-6H3/t21-,22+,23-,25-,26?,27?,28?,29-/m0/s1. The van der Waals surface area contributed by atoms with Crippen molar-refractivity contribution in [1.82, 2.24) is 0 Å². The summed E-state index contributed by atoms with van der Waals surface area (Å²) in [7, 11) is 0. The van der Waals surface area contributed by atoms with Crippen LogP contribution in [0.25, 0.3) is 0 Å². The Kier molecular flexibility index (Phi) is 6.32. The second kappa shape index (κ2) is 8.35. The summed E-state index contributed by atoms with van der Waals surface area (Å²) in [4.78, 5) is 0. The molecule has 0 heteroatoms. The van der Waals surface area contributed by atoms with Crippen LogP contribution >= 0.6 is 0 Å². The number of fused-ring (bicyclic) bond motifs is 5. The number of hydrogen-bond donors (Lipinski definition) is 0. The smallest absolute Gasteiger partial charge is 0.00851 e. The highest BCUT2D eigenvalue weighted by atomic mass is 14.6. The van der Waals surface area contributed by atoms with Crippen LogP contribution in [-0.2, 0) is 0 Å². The van der Waals surface area contributed by atoms with Crippen LogP contribution in [0.1, 0.15) is 119 Å². The highest BCUT2D eigenvalue weighted by Crippen LogP contribution is 2.67. The first kappa shape index (κ1) is 22.0. The molecule has 0 saturated heterocycles. The fourth-order valence-electron chi connectivity index (χ4n) is 9.06. The topological polar surface area (TPSA) is 0 Å². The first-order valence-electron chi connectivity index (χ1n) is 13.5. The fourth-order valence-corrected chi connectivity index (χ4v) is 9.06. The molecule has 3 saturated carbocycles. The van der Waals surface area contributed by atoms with Crippen molar-refractivity contribution in [1.29, 1.82) is 0 Å². The van der Waals surface area contributed by atoms with Crippen LogP contribution in [-0.4, -0.2) is 0 Å². The average molecular weight is 399 g/mol. The molecule has 8 atom stereocenters. The molecule has 0 amide bonds. The molecule has 0 aromatic heterocycles. The highest BCUT2D eigenvalue weighted by Gasteiger charge is 2.58. The molecule has 0 N–H and O–H groups in total. The summed E-state index contributed by atoms with van der Waals surface area (Å²) in [6.07, 6.45) is 20.5. The summed E-state index contributed by atoms with van der Waals surface area (Å²) in [6.45, 7) is 15.1. The first-order valence-corrected chi connectivity index (χ1v) is 13.5. The van der Waals surface area contributed by atoms with Crippen molar-refractivity contribution in [2.45, 2.75) is 119 Å². The molecule has 0 bridgehead atoms. The molecule has 166 valence electrons.